The molecule has 0 saturated carbocycles. The molecule has 0 spiro atoms. The van der Waals surface area contributed by atoms with Gasteiger partial charge < -0.3 is 36.8 Å². The van der Waals surface area contributed by atoms with Crippen molar-refractivity contribution in [1.29, 1.82) is 0 Å². The summed E-state index contributed by atoms with van der Waals surface area (Å²) in [6, 6.07) is 5.64. The van der Waals surface area contributed by atoms with Crippen molar-refractivity contribution in [2.75, 3.05) is 13.2 Å². The number of aromatic nitrogens is 1. The number of ketones is 1. The summed E-state index contributed by atoms with van der Waals surface area (Å²) in [5, 5.41) is 20.3. The summed E-state index contributed by atoms with van der Waals surface area (Å²) in [5.74, 6) is 0.0708. The molecule has 148 valence electrons. The Labute approximate surface area is 160 Å². The second kappa shape index (κ2) is 10.9. The highest BCUT2D eigenvalue weighted by Crippen LogP contribution is 2.28. The number of ether oxygens (including phenoxy) is 3. The highest BCUT2D eigenvalue weighted by molar-refractivity contribution is 5.76. The molecular formula is C18H28ClNO6. The lowest BCUT2D eigenvalue weighted by Gasteiger charge is -2.41. The molecule has 3 saturated heterocycles. The number of carbonyl (C=O) groups is 1. The second-order valence-electron chi connectivity index (χ2n) is 6.21. The van der Waals surface area contributed by atoms with Crippen LogP contribution in [0.5, 0.6) is 0 Å². The summed E-state index contributed by atoms with van der Waals surface area (Å²) in [5.41, 5.74) is 0. The van der Waals surface area contributed by atoms with Crippen molar-refractivity contribution in [1.82, 2.24) is 0 Å². The lowest BCUT2D eigenvalue weighted by Crippen LogP contribution is -3.00. The highest BCUT2D eigenvalue weighted by atomic mass is 35.5. The molecule has 5 atom stereocenters. The number of aliphatic hydroxyl groups excluding tert-OH is 2. The number of halogens is 1. The van der Waals surface area contributed by atoms with Crippen LogP contribution in [-0.4, -0.2) is 59.9 Å². The largest absolute Gasteiger partial charge is 1.00 e. The normalized spacial score (nSPS) is 30.9. The molecule has 3 aliphatic rings. The van der Waals surface area contributed by atoms with Gasteiger partial charge in [-0.25, -0.2) is 0 Å². The van der Waals surface area contributed by atoms with Crippen LogP contribution in [0, 0.1) is 0 Å². The lowest BCUT2D eigenvalue weighted by atomic mass is 9.95. The molecule has 0 aromatic carbocycles. The molecule has 3 aliphatic heterocycles. The van der Waals surface area contributed by atoms with Gasteiger partial charge >= 0.3 is 0 Å². The van der Waals surface area contributed by atoms with E-state index in [0.717, 1.165) is 0 Å². The molecule has 2 bridgehead atoms. The minimum Gasteiger partial charge on any atom is -1.00 e. The van der Waals surface area contributed by atoms with Gasteiger partial charge in [0.2, 0.25) is 6.54 Å². The summed E-state index contributed by atoms with van der Waals surface area (Å²) in [4.78, 5) is 12.2. The Morgan fingerprint density at radius 2 is 1.77 bits per heavy atom. The van der Waals surface area contributed by atoms with Crippen LogP contribution < -0.4 is 17.0 Å². The van der Waals surface area contributed by atoms with E-state index in [9.17, 15) is 15.0 Å². The van der Waals surface area contributed by atoms with Crippen LogP contribution >= 0.6 is 0 Å². The monoisotopic (exact) mass is 389 g/mol. The van der Waals surface area contributed by atoms with Gasteiger partial charge in [-0.05, 0) is 12.8 Å². The van der Waals surface area contributed by atoms with Crippen LogP contribution in [0.1, 0.15) is 26.7 Å². The fraction of sp³-hybridized carbons (Fsp3) is 0.667. The van der Waals surface area contributed by atoms with Crippen molar-refractivity contribution in [2.24, 2.45) is 0 Å². The van der Waals surface area contributed by atoms with E-state index in [1.807, 2.05) is 35.2 Å². The summed E-state index contributed by atoms with van der Waals surface area (Å²) >= 11 is 0. The number of fused-ring (bicyclic) bond motifs is 6. The maximum atomic E-state index is 12.2. The van der Waals surface area contributed by atoms with E-state index >= 15 is 0 Å². The second-order valence-corrected chi connectivity index (χ2v) is 6.21. The Kier molecular flexibility index (Phi) is 9.63. The molecule has 2 N–H and O–H groups in total. The van der Waals surface area contributed by atoms with E-state index in [-0.39, 0.29) is 25.6 Å². The Morgan fingerprint density at radius 3 is 2.50 bits per heavy atom. The first kappa shape index (κ1) is 23.0. The number of hydrogen-bond acceptors (Lipinski definition) is 6. The average Bonchev–Trinajstić information content (AvgIpc) is 2.73. The molecule has 1 aromatic rings. The summed E-state index contributed by atoms with van der Waals surface area (Å²) in [6.07, 6.45) is 0.869. The standard InChI is InChI=1S/C17H24NO6.CH4.ClH/c19-12(11-18-7-2-1-3-8-18)5-6-13-16-14(20)15(21)17(24-13)23-10-4-9-22-16;;/h1-3,7-8,13-17,20-21H,4-6,9-11H2;1H4;1H/q+1;;/p-1. The van der Waals surface area contributed by atoms with E-state index in [1.165, 1.54) is 0 Å². The van der Waals surface area contributed by atoms with Crippen LogP contribution in [0.15, 0.2) is 30.6 Å². The van der Waals surface area contributed by atoms with Gasteiger partial charge in [0, 0.05) is 25.2 Å². The van der Waals surface area contributed by atoms with E-state index in [4.69, 9.17) is 14.2 Å². The summed E-state index contributed by atoms with van der Waals surface area (Å²) < 4.78 is 18.7. The van der Waals surface area contributed by atoms with Gasteiger partial charge in [0.1, 0.15) is 18.3 Å². The van der Waals surface area contributed by atoms with Crippen LogP contribution in [-0.2, 0) is 25.5 Å². The Morgan fingerprint density at radius 1 is 1.08 bits per heavy atom. The smallest absolute Gasteiger partial charge is 0.206 e. The first-order chi connectivity index (χ1) is 11.6. The SMILES string of the molecule is C.O=C(CCC1OC2OCCCOC1C(O)C2O)C[n+]1ccccc1.[Cl-]. The lowest BCUT2D eigenvalue weighted by molar-refractivity contribution is -0.684. The molecule has 0 aliphatic carbocycles. The van der Waals surface area contributed by atoms with Crippen molar-refractivity contribution in [3.05, 3.63) is 30.6 Å². The van der Waals surface area contributed by atoms with Gasteiger partial charge in [0.25, 0.3) is 0 Å². The number of Topliss-reactive ketones (excluding diaryl/α,β-unsaturated/α-hetero) is 1. The molecule has 7 nitrogen and oxygen atoms in total. The third-order valence-corrected chi connectivity index (χ3v) is 4.37. The first-order valence-corrected chi connectivity index (χ1v) is 8.36. The number of pyridine rings is 1. The van der Waals surface area contributed by atoms with Crippen LogP contribution in [0.2, 0.25) is 0 Å². The number of carbonyl (C=O) groups excluding carboxylic acids is 1. The van der Waals surface area contributed by atoms with Crippen LogP contribution in [0.4, 0.5) is 0 Å². The molecule has 4 rings (SSSR count). The van der Waals surface area contributed by atoms with Crippen molar-refractivity contribution < 1.29 is 46.2 Å². The van der Waals surface area contributed by atoms with E-state index in [2.05, 4.69) is 0 Å². The van der Waals surface area contributed by atoms with Crippen molar-refractivity contribution in [3.8, 4) is 0 Å². The van der Waals surface area contributed by atoms with E-state index < -0.39 is 30.7 Å². The van der Waals surface area contributed by atoms with Crippen molar-refractivity contribution in [3.63, 3.8) is 0 Å². The van der Waals surface area contributed by atoms with Gasteiger partial charge in [-0.15, -0.1) is 0 Å². The third-order valence-electron chi connectivity index (χ3n) is 4.37. The van der Waals surface area contributed by atoms with Crippen LogP contribution in [0.3, 0.4) is 0 Å². The number of nitrogens with zero attached hydrogens (tertiary/aromatic N) is 1. The minimum atomic E-state index is -1.14. The van der Waals surface area contributed by atoms with E-state index in [1.54, 1.807) is 0 Å². The first-order valence-electron chi connectivity index (χ1n) is 8.36. The average molecular weight is 390 g/mol. The fourth-order valence-corrected chi connectivity index (χ4v) is 3.09. The predicted octanol–water partition coefficient (Wildman–Crippen LogP) is -2.78. The predicted molar refractivity (Wildman–Crippen MR) is 88.6 cm³/mol. The summed E-state index contributed by atoms with van der Waals surface area (Å²) in [7, 11) is 0. The van der Waals surface area contributed by atoms with Gasteiger partial charge in [-0.2, -0.15) is 4.57 Å². The van der Waals surface area contributed by atoms with E-state index in [0.29, 0.717) is 39.0 Å². The maximum Gasteiger partial charge on any atom is 0.206 e. The molecular weight excluding hydrogens is 362 g/mol. The number of hydrogen-bond donors (Lipinski definition) is 2. The Hall–Kier alpha value is -1.09. The molecule has 8 heteroatoms. The zero-order chi connectivity index (χ0) is 16.9. The van der Waals surface area contributed by atoms with Gasteiger partial charge in [-0.3, -0.25) is 4.79 Å². The number of aliphatic hydroxyl groups is 2. The zero-order valence-corrected chi connectivity index (χ0v) is 14.6. The Balaban J connectivity index is 0.00000169. The number of rotatable bonds is 5. The van der Waals surface area contributed by atoms with Crippen LogP contribution in [0.25, 0.3) is 0 Å². The molecule has 26 heavy (non-hydrogen) atoms. The van der Waals surface area contributed by atoms with Crippen molar-refractivity contribution >= 4 is 5.78 Å². The molecule has 1 aromatic heterocycles. The maximum absolute atomic E-state index is 12.2. The fourth-order valence-electron chi connectivity index (χ4n) is 3.09. The van der Waals surface area contributed by atoms with Gasteiger partial charge in [0.15, 0.2) is 24.5 Å². The third kappa shape index (κ3) is 5.70. The minimum absolute atomic E-state index is 0. The zero-order valence-electron chi connectivity index (χ0n) is 13.9. The molecule has 0 amide bonds. The Bertz CT molecular complexity index is 544. The quantitative estimate of drug-likeness (QED) is 0.529. The topological polar surface area (TPSA) is 89.1 Å². The molecule has 3 fully saturated rings. The highest BCUT2D eigenvalue weighted by Gasteiger charge is 2.46. The van der Waals surface area contributed by atoms with Gasteiger partial charge in [0.05, 0.1) is 12.7 Å². The molecule has 0 radical (unpaired) electrons. The molecule has 4 heterocycles. The summed E-state index contributed by atoms with van der Waals surface area (Å²) in [6.45, 7) is 1.12. The van der Waals surface area contributed by atoms with Gasteiger partial charge in [-0.1, -0.05) is 13.5 Å². The molecule has 5 unspecified atom stereocenters. The van der Waals surface area contributed by atoms with Crippen molar-refractivity contribution in [2.45, 2.75) is 63.9 Å².